The lowest BCUT2D eigenvalue weighted by Crippen LogP contribution is -2.56. The average molecular weight is 295 g/mol. The Bertz CT molecular complexity index is 519. The SMILES string of the molecule is CC(C)C(C)(CN)NC(=O)COc1ccccc1[N+](=O)[O-]. The van der Waals surface area contributed by atoms with Crippen LogP contribution in [-0.2, 0) is 4.79 Å². The summed E-state index contributed by atoms with van der Waals surface area (Å²) >= 11 is 0. The highest BCUT2D eigenvalue weighted by Crippen LogP contribution is 2.25. The summed E-state index contributed by atoms with van der Waals surface area (Å²) < 4.78 is 5.24. The summed E-state index contributed by atoms with van der Waals surface area (Å²) in [6.07, 6.45) is 0. The Morgan fingerprint density at radius 3 is 2.62 bits per heavy atom. The Morgan fingerprint density at radius 2 is 2.10 bits per heavy atom. The number of rotatable bonds is 7. The highest BCUT2D eigenvalue weighted by Gasteiger charge is 2.28. The fraction of sp³-hybridized carbons (Fsp3) is 0.500. The summed E-state index contributed by atoms with van der Waals surface area (Å²) in [6.45, 7) is 5.75. The van der Waals surface area contributed by atoms with E-state index in [1.807, 2.05) is 20.8 Å². The highest BCUT2D eigenvalue weighted by molar-refractivity contribution is 5.78. The zero-order chi connectivity index (χ0) is 16.0. The van der Waals surface area contributed by atoms with E-state index in [2.05, 4.69) is 5.32 Å². The lowest BCUT2D eigenvalue weighted by molar-refractivity contribution is -0.385. The van der Waals surface area contributed by atoms with Crippen LogP contribution in [-0.4, -0.2) is 29.5 Å². The minimum Gasteiger partial charge on any atom is -0.477 e. The predicted octanol–water partition coefficient (Wildman–Crippen LogP) is 1.46. The molecule has 1 unspecified atom stereocenters. The Morgan fingerprint density at radius 1 is 1.48 bits per heavy atom. The van der Waals surface area contributed by atoms with E-state index in [9.17, 15) is 14.9 Å². The number of hydrogen-bond donors (Lipinski definition) is 2. The van der Waals surface area contributed by atoms with Gasteiger partial charge < -0.3 is 15.8 Å². The molecule has 7 nitrogen and oxygen atoms in total. The number of hydrogen-bond acceptors (Lipinski definition) is 5. The number of nitro groups is 1. The Balaban J connectivity index is 2.68. The van der Waals surface area contributed by atoms with Crippen molar-refractivity contribution in [2.75, 3.05) is 13.2 Å². The molecule has 0 fully saturated rings. The lowest BCUT2D eigenvalue weighted by Gasteiger charge is -2.33. The van der Waals surface area contributed by atoms with Crippen LogP contribution in [0.4, 0.5) is 5.69 Å². The zero-order valence-corrected chi connectivity index (χ0v) is 12.5. The van der Waals surface area contributed by atoms with Crippen LogP contribution < -0.4 is 15.8 Å². The maximum absolute atomic E-state index is 11.9. The van der Waals surface area contributed by atoms with Crippen LogP contribution in [0.1, 0.15) is 20.8 Å². The molecule has 116 valence electrons. The fourth-order valence-electron chi connectivity index (χ4n) is 1.66. The van der Waals surface area contributed by atoms with Gasteiger partial charge in [0.05, 0.1) is 10.5 Å². The molecule has 1 rings (SSSR count). The van der Waals surface area contributed by atoms with E-state index in [0.29, 0.717) is 6.54 Å². The first-order valence-corrected chi connectivity index (χ1v) is 6.67. The Hall–Kier alpha value is -2.15. The number of benzene rings is 1. The number of amides is 1. The largest absolute Gasteiger partial charge is 0.477 e. The third kappa shape index (κ3) is 4.42. The topological polar surface area (TPSA) is 107 Å². The van der Waals surface area contributed by atoms with Gasteiger partial charge in [-0.1, -0.05) is 26.0 Å². The third-order valence-corrected chi connectivity index (χ3v) is 3.54. The smallest absolute Gasteiger partial charge is 0.310 e. The van der Waals surface area contributed by atoms with Crippen LogP contribution in [0.3, 0.4) is 0 Å². The van der Waals surface area contributed by atoms with E-state index in [1.54, 1.807) is 6.07 Å². The maximum atomic E-state index is 11.9. The molecule has 0 radical (unpaired) electrons. The molecule has 0 spiro atoms. The Labute approximate surface area is 123 Å². The molecule has 0 bridgehead atoms. The van der Waals surface area contributed by atoms with Gasteiger partial charge in [0.2, 0.25) is 0 Å². The molecular weight excluding hydrogens is 274 g/mol. The number of nitrogens with two attached hydrogens (primary N) is 1. The second-order valence-electron chi connectivity index (χ2n) is 5.34. The summed E-state index contributed by atoms with van der Waals surface area (Å²) in [5.74, 6) is -0.149. The van der Waals surface area contributed by atoms with Gasteiger partial charge in [0.25, 0.3) is 5.91 Å². The van der Waals surface area contributed by atoms with Crippen molar-refractivity contribution in [1.82, 2.24) is 5.32 Å². The molecule has 0 heterocycles. The Kier molecular flexibility index (Phi) is 5.66. The monoisotopic (exact) mass is 295 g/mol. The van der Waals surface area contributed by atoms with Gasteiger partial charge in [-0.3, -0.25) is 14.9 Å². The average Bonchev–Trinajstić information content (AvgIpc) is 2.44. The summed E-state index contributed by atoms with van der Waals surface area (Å²) in [5.41, 5.74) is 4.97. The summed E-state index contributed by atoms with van der Waals surface area (Å²) in [5, 5.41) is 13.6. The molecular formula is C14H21N3O4. The fourth-order valence-corrected chi connectivity index (χ4v) is 1.66. The molecule has 0 saturated carbocycles. The van der Waals surface area contributed by atoms with E-state index >= 15 is 0 Å². The van der Waals surface area contributed by atoms with Gasteiger partial charge in [-0.2, -0.15) is 0 Å². The summed E-state index contributed by atoms with van der Waals surface area (Å²) in [6, 6.07) is 5.93. The molecule has 0 aliphatic heterocycles. The highest BCUT2D eigenvalue weighted by atomic mass is 16.6. The van der Waals surface area contributed by atoms with Gasteiger partial charge in [-0.25, -0.2) is 0 Å². The number of carbonyl (C=O) groups excluding carboxylic acids is 1. The second-order valence-corrected chi connectivity index (χ2v) is 5.34. The van der Waals surface area contributed by atoms with E-state index in [0.717, 1.165) is 0 Å². The van der Waals surface area contributed by atoms with E-state index in [4.69, 9.17) is 10.5 Å². The van der Waals surface area contributed by atoms with Crippen molar-refractivity contribution in [2.24, 2.45) is 11.7 Å². The molecule has 0 aliphatic rings. The molecule has 7 heteroatoms. The first-order chi connectivity index (χ1) is 9.80. The molecule has 0 aromatic heterocycles. The van der Waals surface area contributed by atoms with Crippen LogP contribution >= 0.6 is 0 Å². The van der Waals surface area contributed by atoms with E-state index < -0.39 is 10.5 Å². The molecule has 1 aromatic rings. The van der Waals surface area contributed by atoms with Gasteiger partial charge in [-0.15, -0.1) is 0 Å². The van der Waals surface area contributed by atoms with Crippen LogP contribution in [0.2, 0.25) is 0 Å². The van der Waals surface area contributed by atoms with Gasteiger partial charge in [0.1, 0.15) is 0 Å². The minimum absolute atomic E-state index is 0.0663. The first-order valence-electron chi connectivity index (χ1n) is 6.67. The molecule has 21 heavy (non-hydrogen) atoms. The van der Waals surface area contributed by atoms with Crippen LogP contribution in [0.15, 0.2) is 24.3 Å². The van der Waals surface area contributed by atoms with Crippen molar-refractivity contribution in [3.63, 3.8) is 0 Å². The normalized spacial score (nSPS) is 13.6. The molecule has 1 aromatic carbocycles. The van der Waals surface area contributed by atoms with Crippen LogP contribution in [0, 0.1) is 16.0 Å². The van der Waals surface area contributed by atoms with Crippen molar-refractivity contribution in [2.45, 2.75) is 26.3 Å². The second kappa shape index (κ2) is 7.03. The van der Waals surface area contributed by atoms with Crippen molar-refractivity contribution in [3.8, 4) is 5.75 Å². The standard InChI is InChI=1S/C14H21N3O4/c1-10(2)14(3,9-15)16-13(18)8-21-12-7-5-4-6-11(12)17(19)20/h4-7,10H,8-9,15H2,1-3H3,(H,16,18). The van der Waals surface area contributed by atoms with E-state index in [1.165, 1.54) is 18.2 Å². The van der Waals surface area contributed by atoms with Gasteiger partial charge in [0, 0.05) is 12.6 Å². The molecule has 3 N–H and O–H groups in total. The van der Waals surface area contributed by atoms with Gasteiger partial charge >= 0.3 is 5.69 Å². The summed E-state index contributed by atoms with van der Waals surface area (Å²) in [7, 11) is 0. The first kappa shape index (κ1) is 16.9. The third-order valence-electron chi connectivity index (χ3n) is 3.54. The summed E-state index contributed by atoms with van der Waals surface area (Å²) in [4.78, 5) is 22.2. The van der Waals surface area contributed by atoms with Gasteiger partial charge in [-0.05, 0) is 18.9 Å². The molecule has 0 saturated heterocycles. The molecule has 0 aliphatic carbocycles. The van der Waals surface area contributed by atoms with Crippen molar-refractivity contribution in [1.29, 1.82) is 0 Å². The molecule has 1 amide bonds. The van der Waals surface area contributed by atoms with Crippen molar-refractivity contribution < 1.29 is 14.5 Å². The van der Waals surface area contributed by atoms with Crippen LogP contribution in [0.25, 0.3) is 0 Å². The van der Waals surface area contributed by atoms with Crippen molar-refractivity contribution in [3.05, 3.63) is 34.4 Å². The zero-order valence-electron chi connectivity index (χ0n) is 12.5. The predicted molar refractivity (Wildman–Crippen MR) is 79.0 cm³/mol. The quantitative estimate of drug-likeness (QED) is 0.585. The number of nitro benzene ring substituents is 1. The van der Waals surface area contributed by atoms with Crippen molar-refractivity contribution >= 4 is 11.6 Å². The van der Waals surface area contributed by atoms with E-state index in [-0.39, 0.29) is 29.9 Å². The molecule has 1 atom stereocenters. The number of para-hydroxylation sites is 2. The lowest BCUT2D eigenvalue weighted by atomic mass is 9.88. The number of nitrogens with zero attached hydrogens (tertiary/aromatic N) is 1. The number of ether oxygens (including phenoxy) is 1. The number of nitrogens with one attached hydrogen (secondary N) is 1. The van der Waals surface area contributed by atoms with Crippen LogP contribution in [0.5, 0.6) is 5.75 Å². The number of carbonyl (C=O) groups is 1. The maximum Gasteiger partial charge on any atom is 0.310 e. The van der Waals surface area contributed by atoms with Gasteiger partial charge in [0.15, 0.2) is 12.4 Å². The minimum atomic E-state index is -0.550.